The van der Waals surface area contributed by atoms with Crippen molar-refractivity contribution in [2.45, 2.75) is 53.1 Å². The van der Waals surface area contributed by atoms with E-state index in [0.29, 0.717) is 17.5 Å². The van der Waals surface area contributed by atoms with Gasteiger partial charge < -0.3 is 5.32 Å². The van der Waals surface area contributed by atoms with Gasteiger partial charge in [-0.2, -0.15) is 0 Å². The first-order valence-electron chi connectivity index (χ1n) is 5.88. The van der Waals surface area contributed by atoms with Gasteiger partial charge in [0, 0.05) is 25.2 Å². The fraction of sp³-hybridized carbons (Fsp3) is 1.00. The molecule has 1 rings (SSSR count). The minimum Gasteiger partial charge on any atom is -0.313 e. The molecule has 14 heavy (non-hydrogen) atoms. The fourth-order valence-electron chi connectivity index (χ4n) is 2.07. The highest BCUT2D eigenvalue weighted by atomic mass is 15.2. The first-order valence-corrected chi connectivity index (χ1v) is 5.88. The van der Waals surface area contributed by atoms with E-state index in [0.717, 1.165) is 6.54 Å². The Morgan fingerprint density at radius 2 is 1.93 bits per heavy atom. The van der Waals surface area contributed by atoms with E-state index >= 15 is 0 Å². The van der Waals surface area contributed by atoms with Crippen LogP contribution in [-0.4, -0.2) is 36.6 Å². The summed E-state index contributed by atoms with van der Waals surface area (Å²) in [7, 11) is 0. The smallest absolute Gasteiger partial charge is 0.0192 e. The zero-order valence-corrected chi connectivity index (χ0v) is 10.4. The normalized spacial score (nSPS) is 24.4. The lowest BCUT2D eigenvalue weighted by Gasteiger charge is -2.27. The van der Waals surface area contributed by atoms with Crippen molar-refractivity contribution in [1.29, 1.82) is 0 Å². The van der Waals surface area contributed by atoms with Gasteiger partial charge >= 0.3 is 0 Å². The van der Waals surface area contributed by atoms with Crippen LogP contribution < -0.4 is 5.32 Å². The lowest BCUT2D eigenvalue weighted by Crippen LogP contribution is -2.41. The van der Waals surface area contributed by atoms with Crippen molar-refractivity contribution in [2.75, 3.05) is 19.6 Å². The summed E-state index contributed by atoms with van der Waals surface area (Å²) in [5.74, 6) is 0. The van der Waals surface area contributed by atoms with Crippen molar-refractivity contribution in [3.63, 3.8) is 0 Å². The molecular weight excluding hydrogens is 172 g/mol. The molecule has 1 aliphatic rings. The van der Waals surface area contributed by atoms with Crippen LogP contribution in [0, 0.1) is 5.41 Å². The number of nitrogens with one attached hydrogen (secondary N) is 1. The average Bonchev–Trinajstić information content (AvgIpc) is 2.41. The zero-order chi connectivity index (χ0) is 10.8. The Hall–Kier alpha value is -0.0800. The van der Waals surface area contributed by atoms with Gasteiger partial charge in [0.25, 0.3) is 0 Å². The van der Waals surface area contributed by atoms with Crippen LogP contribution in [0.2, 0.25) is 0 Å². The molecule has 1 saturated heterocycles. The van der Waals surface area contributed by atoms with Crippen LogP contribution in [0.3, 0.4) is 0 Å². The monoisotopic (exact) mass is 198 g/mol. The molecule has 0 saturated carbocycles. The molecule has 0 aromatic carbocycles. The molecule has 2 heteroatoms. The highest BCUT2D eigenvalue weighted by molar-refractivity contribution is 4.85. The van der Waals surface area contributed by atoms with Crippen LogP contribution in [-0.2, 0) is 0 Å². The Kier molecular flexibility index (Phi) is 3.96. The summed E-state index contributed by atoms with van der Waals surface area (Å²) < 4.78 is 0. The lowest BCUT2D eigenvalue weighted by molar-refractivity contribution is 0.222. The van der Waals surface area contributed by atoms with Crippen LogP contribution in [0.15, 0.2) is 0 Å². The highest BCUT2D eigenvalue weighted by Gasteiger charge is 2.31. The maximum Gasteiger partial charge on any atom is 0.0192 e. The lowest BCUT2D eigenvalue weighted by atomic mass is 9.93. The van der Waals surface area contributed by atoms with Crippen molar-refractivity contribution in [2.24, 2.45) is 5.41 Å². The number of rotatable bonds is 4. The molecule has 2 nitrogen and oxygen atoms in total. The van der Waals surface area contributed by atoms with Gasteiger partial charge in [0.1, 0.15) is 0 Å². The van der Waals surface area contributed by atoms with Crippen molar-refractivity contribution in [1.82, 2.24) is 10.2 Å². The van der Waals surface area contributed by atoms with Crippen molar-refractivity contribution in [3.8, 4) is 0 Å². The molecule has 84 valence electrons. The number of likely N-dealkylation sites (tertiary alicyclic amines) is 1. The molecule has 0 aromatic heterocycles. The molecule has 1 aliphatic heterocycles. The maximum absolute atomic E-state index is 3.51. The Morgan fingerprint density at radius 3 is 2.36 bits per heavy atom. The Bertz CT molecular complexity index is 175. The molecule has 1 atom stereocenters. The minimum atomic E-state index is 0.534. The predicted molar refractivity (Wildman–Crippen MR) is 62.6 cm³/mol. The van der Waals surface area contributed by atoms with Gasteiger partial charge in [0.2, 0.25) is 0 Å². The van der Waals surface area contributed by atoms with Gasteiger partial charge in [-0.1, -0.05) is 27.7 Å². The SMILES string of the molecule is CC(C)NCC(C)N1CCC(C)(C)C1. The molecule has 1 unspecified atom stereocenters. The second-order valence-corrected chi connectivity index (χ2v) is 5.80. The molecule has 1 fully saturated rings. The molecule has 1 heterocycles. The van der Waals surface area contributed by atoms with E-state index in [-0.39, 0.29) is 0 Å². The summed E-state index contributed by atoms with van der Waals surface area (Å²) in [6.45, 7) is 15.1. The first kappa shape index (κ1) is 12.0. The second kappa shape index (κ2) is 4.63. The summed E-state index contributed by atoms with van der Waals surface area (Å²) in [5, 5.41) is 3.51. The van der Waals surface area contributed by atoms with Gasteiger partial charge in [0.15, 0.2) is 0 Å². The Labute approximate surface area is 89.1 Å². The van der Waals surface area contributed by atoms with Gasteiger partial charge in [-0.15, -0.1) is 0 Å². The summed E-state index contributed by atoms with van der Waals surface area (Å²) >= 11 is 0. The van der Waals surface area contributed by atoms with Crippen molar-refractivity contribution < 1.29 is 0 Å². The van der Waals surface area contributed by atoms with Crippen molar-refractivity contribution >= 4 is 0 Å². The van der Waals surface area contributed by atoms with Crippen LogP contribution in [0.1, 0.15) is 41.0 Å². The minimum absolute atomic E-state index is 0.534. The quantitative estimate of drug-likeness (QED) is 0.744. The molecular formula is C12H26N2. The van der Waals surface area contributed by atoms with Gasteiger partial charge in [-0.3, -0.25) is 4.90 Å². The molecule has 0 aliphatic carbocycles. The number of hydrogen-bond acceptors (Lipinski definition) is 2. The predicted octanol–water partition coefficient (Wildman–Crippen LogP) is 2.10. The summed E-state index contributed by atoms with van der Waals surface area (Å²) in [4.78, 5) is 2.61. The highest BCUT2D eigenvalue weighted by Crippen LogP contribution is 2.29. The van der Waals surface area contributed by atoms with Crippen LogP contribution in [0.4, 0.5) is 0 Å². The Balaban J connectivity index is 2.29. The first-order chi connectivity index (χ1) is 6.41. The van der Waals surface area contributed by atoms with E-state index in [1.165, 1.54) is 19.5 Å². The molecule has 1 N–H and O–H groups in total. The van der Waals surface area contributed by atoms with E-state index in [2.05, 4.69) is 44.8 Å². The third-order valence-electron chi connectivity index (χ3n) is 3.15. The fourth-order valence-corrected chi connectivity index (χ4v) is 2.07. The summed E-state index contributed by atoms with van der Waals surface area (Å²) in [6.07, 6.45) is 1.35. The van der Waals surface area contributed by atoms with E-state index < -0.39 is 0 Å². The summed E-state index contributed by atoms with van der Waals surface area (Å²) in [5.41, 5.74) is 0.534. The molecule has 0 spiro atoms. The van der Waals surface area contributed by atoms with E-state index in [4.69, 9.17) is 0 Å². The topological polar surface area (TPSA) is 15.3 Å². The molecule has 0 radical (unpaired) electrons. The standard InChI is InChI=1S/C12H26N2/c1-10(2)13-8-11(3)14-7-6-12(4,5)9-14/h10-11,13H,6-9H2,1-5H3. The number of hydrogen-bond donors (Lipinski definition) is 1. The van der Waals surface area contributed by atoms with Gasteiger partial charge in [0.05, 0.1) is 0 Å². The molecule has 0 bridgehead atoms. The van der Waals surface area contributed by atoms with Crippen LogP contribution in [0.25, 0.3) is 0 Å². The third-order valence-corrected chi connectivity index (χ3v) is 3.15. The summed E-state index contributed by atoms with van der Waals surface area (Å²) in [6, 6.07) is 1.28. The average molecular weight is 198 g/mol. The largest absolute Gasteiger partial charge is 0.313 e. The van der Waals surface area contributed by atoms with E-state index in [1.807, 2.05) is 0 Å². The van der Waals surface area contributed by atoms with Crippen molar-refractivity contribution in [3.05, 3.63) is 0 Å². The molecule has 0 aromatic rings. The van der Waals surface area contributed by atoms with Crippen LogP contribution in [0.5, 0.6) is 0 Å². The maximum atomic E-state index is 3.51. The Morgan fingerprint density at radius 1 is 1.29 bits per heavy atom. The number of nitrogens with zero attached hydrogens (tertiary/aromatic N) is 1. The third kappa shape index (κ3) is 3.58. The second-order valence-electron chi connectivity index (χ2n) is 5.80. The van der Waals surface area contributed by atoms with Gasteiger partial charge in [-0.25, -0.2) is 0 Å². The van der Waals surface area contributed by atoms with E-state index in [9.17, 15) is 0 Å². The van der Waals surface area contributed by atoms with E-state index in [1.54, 1.807) is 0 Å². The zero-order valence-electron chi connectivity index (χ0n) is 10.4. The van der Waals surface area contributed by atoms with Crippen LogP contribution >= 0.6 is 0 Å². The van der Waals surface area contributed by atoms with Gasteiger partial charge in [-0.05, 0) is 25.3 Å². The molecule has 0 amide bonds.